The number of piperidine rings is 1. The number of aromatic nitrogens is 2. The zero-order valence-electron chi connectivity index (χ0n) is 26.4. The molecule has 0 unspecified atom stereocenters. The van der Waals surface area contributed by atoms with Gasteiger partial charge in [0.15, 0.2) is 11.6 Å². The Morgan fingerprint density at radius 3 is 2.00 bits per heavy atom. The number of rotatable bonds is 14. The van der Waals surface area contributed by atoms with Crippen LogP contribution in [0, 0.1) is 36.3 Å². The third kappa shape index (κ3) is 8.93. The molecular formula is C31H42F2N4O6S2. The smallest absolute Gasteiger partial charge is 0.248 e. The molecule has 10 nitrogen and oxygen atoms in total. The number of anilines is 2. The van der Waals surface area contributed by atoms with Crippen molar-refractivity contribution < 1.29 is 34.8 Å². The summed E-state index contributed by atoms with van der Waals surface area (Å²) in [5.74, 6) is -2.25. The molecule has 45 heavy (non-hydrogen) atoms. The van der Waals surface area contributed by atoms with Crippen LogP contribution in [-0.4, -0.2) is 58.0 Å². The van der Waals surface area contributed by atoms with Crippen LogP contribution in [0.2, 0.25) is 0 Å². The summed E-state index contributed by atoms with van der Waals surface area (Å²) in [6.07, 6.45) is 6.88. The van der Waals surface area contributed by atoms with E-state index in [0.717, 1.165) is 61.6 Å². The van der Waals surface area contributed by atoms with E-state index < -0.39 is 60.7 Å². The zero-order chi connectivity index (χ0) is 32.9. The van der Waals surface area contributed by atoms with Gasteiger partial charge >= 0.3 is 0 Å². The molecule has 0 atom stereocenters. The van der Waals surface area contributed by atoms with Gasteiger partial charge in [0.1, 0.15) is 23.0 Å². The predicted molar refractivity (Wildman–Crippen MR) is 170 cm³/mol. The Hall–Kier alpha value is -3.26. The molecular weight excluding hydrogens is 626 g/mol. The van der Waals surface area contributed by atoms with Crippen molar-refractivity contribution in [1.82, 2.24) is 9.97 Å². The number of aryl methyl sites for hydroxylation is 1. The number of benzene rings is 1. The Bertz CT molecular complexity index is 1590. The average molecular weight is 669 g/mol. The highest BCUT2D eigenvalue weighted by Gasteiger charge is 2.39. The van der Waals surface area contributed by atoms with Crippen molar-refractivity contribution >= 4 is 31.7 Å². The summed E-state index contributed by atoms with van der Waals surface area (Å²) in [7, 11) is -9.19. The highest BCUT2D eigenvalue weighted by atomic mass is 32.3. The van der Waals surface area contributed by atoms with Gasteiger partial charge < -0.3 is 14.1 Å². The lowest BCUT2D eigenvalue weighted by atomic mass is 9.92. The summed E-state index contributed by atoms with van der Waals surface area (Å²) in [4.78, 5) is 11.2. The number of nitrogens with zero attached hydrogens (tertiary/aromatic N) is 4. The fourth-order valence-electron chi connectivity index (χ4n) is 5.41. The molecule has 1 aliphatic heterocycles. The Morgan fingerprint density at radius 2 is 1.51 bits per heavy atom. The second-order valence-corrected chi connectivity index (χ2v) is 16.3. The molecule has 0 aliphatic carbocycles. The van der Waals surface area contributed by atoms with Gasteiger partial charge in [-0.2, -0.15) is 3.71 Å². The summed E-state index contributed by atoms with van der Waals surface area (Å²) < 4.78 is 93.9. The van der Waals surface area contributed by atoms with Crippen molar-refractivity contribution in [2.75, 3.05) is 39.8 Å². The molecule has 1 aromatic carbocycles. The SMILES string of the molecule is Cc1ccc(-c2cnc(N3CCC(CCCOc4cc(F)c(N(S(=O)(=O)CC(C)C)S(=O)(=O)CC(C)C)c(F)c4)CC3)nc2)o1. The second-order valence-electron chi connectivity index (χ2n) is 12.4. The van der Waals surface area contributed by atoms with E-state index in [1.54, 1.807) is 40.1 Å². The minimum Gasteiger partial charge on any atom is -0.493 e. The van der Waals surface area contributed by atoms with Gasteiger partial charge in [-0.15, -0.1) is 0 Å². The molecule has 0 radical (unpaired) electrons. The molecule has 0 bridgehead atoms. The summed E-state index contributed by atoms with van der Waals surface area (Å²) in [5, 5.41) is 0. The maximum Gasteiger partial charge on any atom is 0.248 e. The lowest BCUT2D eigenvalue weighted by molar-refractivity contribution is 0.277. The first-order chi connectivity index (χ1) is 21.2. The van der Waals surface area contributed by atoms with Gasteiger partial charge in [0, 0.05) is 37.6 Å². The van der Waals surface area contributed by atoms with E-state index in [1.807, 2.05) is 19.1 Å². The Kier molecular flexibility index (Phi) is 11.1. The average Bonchev–Trinajstić information content (AvgIpc) is 3.38. The predicted octanol–water partition coefficient (Wildman–Crippen LogP) is 6.18. The van der Waals surface area contributed by atoms with Crippen LogP contribution in [0.25, 0.3) is 11.3 Å². The molecule has 0 amide bonds. The van der Waals surface area contributed by atoms with Gasteiger partial charge in [-0.05, 0) is 62.5 Å². The van der Waals surface area contributed by atoms with E-state index in [4.69, 9.17) is 9.15 Å². The third-order valence-corrected chi connectivity index (χ3v) is 12.3. The highest BCUT2D eigenvalue weighted by molar-refractivity contribution is 8.10. The fraction of sp³-hybridized carbons (Fsp3) is 0.548. The first-order valence-corrected chi connectivity index (χ1v) is 18.4. The van der Waals surface area contributed by atoms with Crippen LogP contribution in [0.4, 0.5) is 20.4 Å². The molecule has 3 aromatic rings. The number of furan rings is 1. The number of halogens is 2. The van der Waals surface area contributed by atoms with E-state index >= 15 is 8.78 Å². The lowest BCUT2D eigenvalue weighted by Gasteiger charge is -2.32. The van der Waals surface area contributed by atoms with E-state index in [1.165, 1.54) is 0 Å². The molecule has 0 N–H and O–H groups in total. The molecule has 248 valence electrons. The summed E-state index contributed by atoms with van der Waals surface area (Å²) in [5.41, 5.74) is -0.314. The topological polar surface area (TPSA) is 123 Å². The van der Waals surface area contributed by atoms with Gasteiger partial charge in [0.25, 0.3) is 0 Å². The highest BCUT2D eigenvalue weighted by Crippen LogP contribution is 2.34. The van der Waals surface area contributed by atoms with Crippen molar-refractivity contribution in [1.29, 1.82) is 0 Å². The molecule has 4 rings (SSSR count). The van der Waals surface area contributed by atoms with Gasteiger partial charge in [0.2, 0.25) is 26.0 Å². The minimum absolute atomic E-state index is 0.0693. The molecule has 1 aliphatic rings. The lowest BCUT2D eigenvalue weighted by Crippen LogP contribution is -2.42. The van der Waals surface area contributed by atoms with E-state index in [0.29, 0.717) is 18.3 Å². The fourth-order valence-corrected chi connectivity index (χ4v) is 10.0. The Balaban J connectivity index is 1.32. The van der Waals surface area contributed by atoms with Crippen LogP contribution in [0.1, 0.15) is 59.1 Å². The van der Waals surface area contributed by atoms with Crippen molar-refractivity contribution in [2.24, 2.45) is 17.8 Å². The van der Waals surface area contributed by atoms with Crippen LogP contribution in [0.5, 0.6) is 5.75 Å². The second kappa shape index (κ2) is 14.4. The van der Waals surface area contributed by atoms with Crippen molar-refractivity contribution in [3.05, 3.63) is 54.1 Å². The first-order valence-electron chi connectivity index (χ1n) is 15.2. The molecule has 0 spiro atoms. The Morgan fingerprint density at radius 1 is 0.956 bits per heavy atom. The van der Waals surface area contributed by atoms with E-state index in [2.05, 4.69) is 14.9 Å². The van der Waals surface area contributed by atoms with Gasteiger partial charge in [-0.3, -0.25) is 0 Å². The van der Waals surface area contributed by atoms with Crippen LogP contribution in [-0.2, 0) is 20.0 Å². The normalized spacial score (nSPS) is 14.8. The molecule has 14 heteroatoms. The van der Waals surface area contributed by atoms with Crippen LogP contribution in [0.15, 0.2) is 41.1 Å². The zero-order valence-corrected chi connectivity index (χ0v) is 28.0. The number of hydrogen-bond acceptors (Lipinski definition) is 9. The van der Waals surface area contributed by atoms with Crippen LogP contribution < -0.4 is 13.3 Å². The minimum atomic E-state index is -4.59. The van der Waals surface area contributed by atoms with E-state index in [-0.39, 0.29) is 16.1 Å². The number of hydrogen-bond donors (Lipinski definition) is 0. The van der Waals surface area contributed by atoms with Gasteiger partial charge in [0.05, 0.1) is 23.7 Å². The largest absolute Gasteiger partial charge is 0.493 e. The quantitative estimate of drug-likeness (QED) is 0.185. The Labute approximate surface area is 264 Å². The maximum absolute atomic E-state index is 15.3. The van der Waals surface area contributed by atoms with Crippen molar-refractivity contribution in [3.63, 3.8) is 0 Å². The van der Waals surface area contributed by atoms with Gasteiger partial charge in [-0.25, -0.2) is 35.6 Å². The van der Waals surface area contributed by atoms with Gasteiger partial charge in [-0.1, -0.05) is 27.7 Å². The standard InChI is InChI=1S/C31H42F2N4O6S2/c1-21(2)19-44(38,39)37(45(40,41)20-22(3)4)30-27(32)15-26(16-28(30)33)42-14-6-7-24-10-12-36(13-11-24)31-34-17-25(18-35-31)29-9-8-23(5)43-29/h8-9,15-18,21-22,24H,6-7,10-14,19-20H2,1-5H3. The number of sulfonamides is 2. The van der Waals surface area contributed by atoms with E-state index in [9.17, 15) is 16.8 Å². The molecule has 0 saturated carbocycles. The molecule has 1 saturated heterocycles. The molecule has 3 heterocycles. The third-order valence-electron chi connectivity index (χ3n) is 7.35. The molecule has 1 fully saturated rings. The van der Waals surface area contributed by atoms with Crippen LogP contribution in [0.3, 0.4) is 0 Å². The molecule has 2 aromatic heterocycles. The van der Waals surface area contributed by atoms with Crippen LogP contribution >= 0.6 is 0 Å². The summed E-state index contributed by atoms with van der Waals surface area (Å²) in [6.45, 7) is 10.00. The summed E-state index contributed by atoms with van der Waals surface area (Å²) in [6, 6.07) is 5.45. The monoisotopic (exact) mass is 668 g/mol. The summed E-state index contributed by atoms with van der Waals surface area (Å²) >= 11 is 0. The van der Waals surface area contributed by atoms with Crippen molar-refractivity contribution in [2.45, 2.75) is 60.3 Å². The first kappa shape index (κ1) is 34.6. The number of ether oxygens (including phenoxy) is 1. The van der Waals surface area contributed by atoms with Crippen molar-refractivity contribution in [3.8, 4) is 17.1 Å². The maximum atomic E-state index is 15.3.